The molecule has 0 spiro atoms. The number of morpholine rings is 1. The molecule has 5 nitrogen and oxygen atoms in total. The summed E-state index contributed by atoms with van der Waals surface area (Å²) in [5, 5.41) is 8.57. The lowest BCUT2D eigenvalue weighted by atomic mass is 10.1. The van der Waals surface area contributed by atoms with E-state index in [1.54, 1.807) is 0 Å². The summed E-state index contributed by atoms with van der Waals surface area (Å²) < 4.78 is 5.56. The number of rotatable bonds is 5. The van der Waals surface area contributed by atoms with Gasteiger partial charge in [0.05, 0.1) is 19.4 Å². The van der Waals surface area contributed by atoms with E-state index in [9.17, 15) is 0 Å². The van der Waals surface area contributed by atoms with Crippen molar-refractivity contribution in [3.8, 4) is 0 Å². The summed E-state index contributed by atoms with van der Waals surface area (Å²) in [6.07, 6.45) is 6.12. The Hall–Kier alpha value is -2.67. The molecule has 2 aromatic rings. The minimum absolute atomic E-state index is 0.421. The van der Waals surface area contributed by atoms with Gasteiger partial charge in [0, 0.05) is 29.5 Å². The fourth-order valence-electron chi connectivity index (χ4n) is 3.82. The van der Waals surface area contributed by atoms with Crippen LogP contribution >= 0.6 is 23.8 Å². The zero-order valence-electron chi connectivity index (χ0n) is 17.2. The Balaban J connectivity index is 1.50. The lowest BCUT2D eigenvalue weighted by molar-refractivity contribution is 0.0548. The molecule has 2 N–H and O–H groups in total. The molecule has 1 saturated heterocycles. The molecule has 7 heteroatoms. The number of nitrogens with zero attached hydrogens (tertiary/aromatic N) is 2. The number of hydrazone groups is 1. The molecule has 2 aromatic carbocycles. The van der Waals surface area contributed by atoms with Gasteiger partial charge in [-0.05, 0) is 66.0 Å². The Labute approximate surface area is 193 Å². The first kappa shape index (κ1) is 21.6. The third-order valence-electron chi connectivity index (χ3n) is 5.21. The van der Waals surface area contributed by atoms with Crippen LogP contribution in [0.2, 0.25) is 5.02 Å². The van der Waals surface area contributed by atoms with Crippen molar-refractivity contribution in [3.05, 3.63) is 82.0 Å². The summed E-state index contributed by atoms with van der Waals surface area (Å²) >= 11 is 11.4. The number of benzene rings is 2. The molecule has 0 aromatic heterocycles. The SMILES string of the molecule is S=C(N/N=C\C1=C(N2CCOCC2)C(=C\c2ccccc2)/CC1)Nc1cccc(Cl)c1. The van der Waals surface area contributed by atoms with Crippen molar-refractivity contribution in [2.24, 2.45) is 5.10 Å². The van der Waals surface area contributed by atoms with Gasteiger partial charge in [-0.2, -0.15) is 5.10 Å². The Bertz CT molecular complexity index is 1010. The first-order valence-corrected chi connectivity index (χ1v) is 11.1. The maximum absolute atomic E-state index is 6.02. The second kappa shape index (κ2) is 10.6. The van der Waals surface area contributed by atoms with E-state index in [1.165, 1.54) is 22.4 Å². The predicted octanol–water partition coefficient (Wildman–Crippen LogP) is 5.08. The molecule has 0 atom stereocenters. The third kappa shape index (κ3) is 5.94. The normalized spacial score (nSPS) is 18.1. The largest absolute Gasteiger partial charge is 0.378 e. The van der Waals surface area contributed by atoms with Crippen LogP contribution in [-0.4, -0.2) is 42.5 Å². The van der Waals surface area contributed by atoms with Crippen LogP contribution < -0.4 is 10.7 Å². The van der Waals surface area contributed by atoms with Crippen LogP contribution in [0.3, 0.4) is 0 Å². The maximum Gasteiger partial charge on any atom is 0.191 e. The molecule has 0 radical (unpaired) electrons. The topological polar surface area (TPSA) is 48.9 Å². The van der Waals surface area contributed by atoms with Crippen LogP contribution in [-0.2, 0) is 4.74 Å². The number of nitrogens with one attached hydrogen (secondary N) is 2. The molecule has 160 valence electrons. The average Bonchev–Trinajstić information content (AvgIpc) is 3.17. The molecule has 4 rings (SSSR count). The highest BCUT2D eigenvalue weighted by molar-refractivity contribution is 7.80. The molecule has 0 saturated carbocycles. The minimum Gasteiger partial charge on any atom is -0.378 e. The summed E-state index contributed by atoms with van der Waals surface area (Å²) in [4.78, 5) is 2.41. The fourth-order valence-corrected chi connectivity index (χ4v) is 4.18. The molecule has 2 aliphatic rings. The Kier molecular flexibility index (Phi) is 7.35. The van der Waals surface area contributed by atoms with Crippen molar-refractivity contribution in [2.45, 2.75) is 12.8 Å². The van der Waals surface area contributed by atoms with Crippen molar-refractivity contribution < 1.29 is 4.74 Å². The highest BCUT2D eigenvalue weighted by Crippen LogP contribution is 2.34. The van der Waals surface area contributed by atoms with Gasteiger partial charge in [-0.25, -0.2) is 0 Å². The fraction of sp³-hybridized carbons (Fsp3) is 0.250. The predicted molar refractivity (Wildman–Crippen MR) is 132 cm³/mol. The molecular weight excluding hydrogens is 428 g/mol. The van der Waals surface area contributed by atoms with Gasteiger partial charge in [-0.3, -0.25) is 5.43 Å². The highest BCUT2D eigenvalue weighted by atomic mass is 35.5. The van der Waals surface area contributed by atoms with E-state index in [-0.39, 0.29) is 0 Å². The molecule has 1 fully saturated rings. The Morgan fingerprint density at radius 1 is 1.06 bits per heavy atom. The highest BCUT2D eigenvalue weighted by Gasteiger charge is 2.25. The molecule has 1 aliphatic heterocycles. The number of hydrogen-bond acceptors (Lipinski definition) is 4. The van der Waals surface area contributed by atoms with E-state index in [1.807, 2.05) is 36.5 Å². The number of hydrogen-bond donors (Lipinski definition) is 2. The number of halogens is 1. The van der Waals surface area contributed by atoms with Gasteiger partial charge in [0.1, 0.15) is 0 Å². The summed E-state index contributed by atoms with van der Waals surface area (Å²) in [7, 11) is 0. The molecule has 0 bridgehead atoms. The van der Waals surface area contributed by atoms with Gasteiger partial charge in [0.2, 0.25) is 0 Å². The number of ether oxygens (including phenoxy) is 1. The molecule has 31 heavy (non-hydrogen) atoms. The van der Waals surface area contributed by atoms with Crippen LogP contribution in [0.15, 0.2) is 76.5 Å². The quantitative estimate of drug-likeness (QED) is 0.376. The lowest BCUT2D eigenvalue weighted by Crippen LogP contribution is -2.36. The van der Waals surface area contributed by atoms with E-state index in [0.717, 1.165) is 44.8 Å². The third-order valence-corrected chi connectivity index (χ3v) is 5.64. The second-order valence-electron chi connectivity index (χ2n) is 7.39. The lowest BCUT2D eigenvalue weighted by Gasteiger charge is -2.31. The van der Waals surface area contributed by atoms with Crippen LogP contribution in [0, 0.1) is 0 Å². The zero-order chi connectivity index (χ0) is 21.5. The zero-order valence-corrected chi connectivity index (χ0v) is 18.8. The summed E-state index contributed by atoms with van der Waals surface area (Å²) in [5.41, 5.74) is 8.77. The van der Waals surface area contributed by atoms with E-state index in [2.05, 4.69) is 51.1 Å². The van der Waals surface area contributed by atoms with Gasteiger partial charge >= 0.3 is 0 Å². The first-order chi connectivity index (χ1) is 15.2. The van der Waals surface area contributed by atoms with E-state index >= 15 is 0 Å². The van der Waals surface area contributed by atoms with Crippen LogP contribution in [0.4, 0.5) is 5.69 Å². The van der Waals surface area contributed by atoms with E-state index in [0.29, 0.717) is 10.1 Å². The van der Waals surface area contributed by atoms with Crippen molar-refractivity contribution >= 4 is 46.9 Å². The summed E-state index contributed by atoms with van der Waals surface area (Å²) in [5.74, 6) is 0. The summed E-state index contributed by atoms with van der Waals surface area (Å²) in [6.45, 7) is 3.28. The van der Waals surface area contributed by atoms with E-state index < -0.39 is 0 Å². The smallest absolute Gasteiger partial charge is 0.191 e. The number of thiocarbonyl (C=S) groups is 1. The Morgan fingerprint density at radius 2 is 1.87 bits per heavy atom. The molecule has 1 aliphatic carbocycles. The number of allylic oxidation sites excluding steroid dienone is 2. The maximum atomic E-state index is 6.02. The monoisotopic (exact) mass is 452 g/mol. The van der Waals surface area contributed by atoms with Gasteiger partial charge in [-0.1, -0.05) is 48.0 Å². The van der Waals surface area contributed by atoms with Crippen LogP contribution in [0.5, 0.6) is 0 Å². The molecular formula is C24H25ClN4OS. The van der Waals surface area contributed by atoms with Crippen molar-refractivity contribution in [2.75, 3.05) is 31.6 Å². The van der Waals surface area contributed by atoms with Gasteiger partial charge < -0.3 is 15.0 Å². The average molecular weight is 453 g/mol. The molecule has 1 heterocycles. The minimum atomic E-state index is 0.421. The number of anilines is 1. The van der Waals surface area contributed by atoms with Gasteiger partial charge in [0.25, 0.3) is 0 Å². The standard InChI is InChI=1S/C24H25ClN4OS/c25-21-7-4-8-22(16-21)27-24(31)28-26-17-20-10-9-19(15-18-5-2-1-3-6-18)23(20)29-11-13-30-14-12-29/h1-8,15-17H,9-14H2,(H2,27,28,31)/b19-15-,26-17-. The van der Waals surface area contributed by atoms with Gasteiger partial charge in [-0.15, -0.1) is 0 Å². The van der Waals surface area contributed by atoms with Gasteiger partial charge in [0.15, 0.2) is 5.11 Å². The second-order valence-corrected chi connectivity index (χ2v) is 8.23. The van der Waals surface area contributed by atoms with Crippen molar-refractivity contribution in [1.29, 1.82) is 0 Å². The first-order valence-electron chi connectivity index (χ1n) is 10.4. The van der Waals surface area contributed by atoms with Crippen LogP contribution in [0.1, 0.15) is 18.4 Å². The summed E-state index contributed by atoms with van der Waals surface area (Å²) in [6, 6.07) is 17.9. The Morgan fingerprint density at radius 3 is 2.65 bits per heavy atom. The van der Waals surface area contributed by atoms with Crippen molar-refractivity contribution in [3.63, 3.8) is 0 Å². The van der Waals surface area contributed by atoms with E-state index in [4.69, 9.17) is 28.6 Å². The van der Waals surface area contributed by atoms with Crippen molar-refractivity contribution in [1.82, 2.24) is 10.3 Å². The van der Waals surface area contributed by atoms with Crippen LogP contribution in [0.25, 0.3) is 6.08 Å². The molecule has 0 amide bonds. The molecule has 0 unspecified atom stereocenters.